The van der Waals surface area contributed by atoms with E-state index in [-0.39, 0.29) is 17.4 Å². The Kier molecular flexibility index (Phi) is 5.98. The molecule has 1 aliphatic rings. The van der Waals surface area contributed by atoms with Gasteiger partial charge >= 0.3 is 0 Å². The average Bonchev–Trinajstić information content (AvgIpc) is 2.89. The van der Waals surface area contributed by atoms with Gasteiger partial charge in [0.15, 0.2) is 5.82 Å². The fourth-order valence-electron chi connectivity index (χ4n) is 2.73. The van der Waals surface area contributed by atoms with Crippen molar-refractivity contribution >= 4 is 5.91 Å². The molecule has 0 aromatic carbocycles. The maximum atomic E-state index is 11.9. The summed E-state index contributed by atoms with van der Waals surface area (Å²) >= 11 is 0. The van der Waals surface area contributed by atoms with E-state index in [2.05, 4.69) is 47.6 Å². The van der Waals surface area contributed by atoms with Crippen molar-refractivity contribution in [2.45, 2.75) is 45.6 Å². The minimum Gasteiger partial charge on any atom is -0.348 e. The Bertz CT molecular complexity index is 549. The van der Waals surface area contributed by atoms with E-state index in [9.17, 15) is 4.79 Å². The van der Waals surface area contributed by atoms with Crippen molar-refractivity contribution in [2.75, 3.05) is 46.8 Å². The maximum Gasteiger partial charge on any atom is 0.243 e. The number of rotatable bonds is 4. The van der Waals surface area contributed by atoms with Gasteiger partial charge in [-0.3, -0.25) is 14.6 Å². The number of likely N-dealkylation sites (N-methyl/N-ethyl adjacent to an activating group) is 1. The van der Waals surface area contributed by atoms with Crippen LogP contribution < -0.4 is 0 Å². The lowest BCUT2D eigenvalue weighted by atomic mass is 9.96. The smallest absolute Gasteiger partial charge is 0.243 e. The molecule has 0 N–H and O–H groups in total. The molecule has 0 aliphatic carbocycles. The second kappa shape index (κ2) is 7.61. The van der Waals surface area contributed by atoms with E-state index in [1.165, 1.54) is 0 Å². The van der Waals surface area contributed by atoms with Crippen molar-refractivity contribution in [3.63, 3.8) is 0 Å². The number of carbonyl (C=O) groups is 1. The van der Waals surface area contributed by atoms with E-state index >= 15 is 0 Å². The molecule has 2 heterocycles. The Balaban J connectivity index is 1.95. The molecule has 0 unspecified atom stereocenters. The van der Waals surface area contributed by atoms with Crippen LogP contribution in [0, 0.1) is 0 Å². The first kappa shape index (κ1) is 18.9. The van der Waals surface area contributed by atoms with Crippen molar-refractivity contribution < 1.29 is 9.32 Å². The van der Waals surface area contributed by atoms with Crippen LogP contribution in [-0.2, 0) is 10.2 Å². The summed E-state index contributed by atoms with van der Waals surface area (Å²) in [5, 5.41) is 4.13. The zero-order valence-corrected chi connectivity index (χ0v) is 15.9. The Labute approximate surface area is 145 Å². The van der Waals surface area contributed by atoms with Gasteiger partial charge in [0.2, 0.25) is 11.8 Å². The lowest BCUT2D eigenvalue weighted by Crippen LogP contribution is -2.39. The van der Waals surface area contributed by atoms with Crippen LogP contribution in [0.1, 0.15) is 51.9 Å². The number of nitrogens with zero attached hydrogens (tertiary/aromatic N) is 5. The third-order valence-corrected chi connectivity index (χ3v) is 4.50. The van der Waals surface area contributed by atoms with Crippen LogP contribution in [0.2, 0.25) is 0 Å². The molecule has 1 fully saturated rings. The van der Waals surface area contributed by atoms with Crippen LogP contribution in [0.25, 0.3) is 0 Å². The zero-order chi connectivity index (χ0) is 17.9. The summed E-state index contributed by atoms with van der Waals surface area (Å²) in [6, 6.07) is 0.0955. The summed E-state index contributed by atoms with van der Waals surface area (Å²) in [4.78, 5) is 22.7. The standard InChI is InChI=1S/C17H31N5O2/c1-13(15-18-16(19-24-15)17(2,3)4)22-9-7-8-21(10-11-22)12-14(23)20(5)6/h13H,7-12H2,1-6H3/t13-/m0/s1. The first-order valence-electron chi connectivity index (χ1n) is 8.69. The predicted molar refractivity (Wildman–Crippen MR) is 92.7 cm³/mol. The first-order chi connectivity index (χ1) is 11.2. The molecule has 7 heteroatoms. The molecular weight excluding hydrogens is 306 g/mol. The van der Waals surface area contributed by atoms with E-state index in [1.807, 2.05) is 0 Å². The monoisotopic (exact) mass is 337 g/mol. The van der Waals surface area contributed by atoms with Gasteiger partial charge in [-0.15, -0.1) is 0 Å². The van der Waals surface area contributed by atoms with E-state index < -0.39 is 0 Å². The minimum atomic E-state index is -0.108. The molecule has 0 saturated carbocycles. The topological polar surface area (TPSA) is 65.7 Å². The second-order valence-electron chi connectivity index (χ2n) is 7.84. The highest BCUT2D eigenvalue weighted by molar-refractivity contribution is 5.77. The van der Waals surface area contributed by atoms with Crippen LogP contribution in [0.3, 0.4) is 0 Å². The summed E-state index contributed by atoms with van der Waals surface area (Å²) in [7, 11) is 3.60. The third-order valence-electron chi connectivity index (χ3n) is 4.50. The van der Waals surface area contributed by atoms with Gasteiger partial charge in [-0.25, -0.2) is 0 Å². The molecule has 1 aromatic rings. The van der Waals surface area contributed by atoms with Gasteiger partial charge < -0.3 is 9.42 Å². The molecule has 1 atom stereocenters. The summed E-state index contributed by atoms with van der Waals surface area (Å²) in [6.45, 7) is 12.5. The SMILES string of the molecule is C[C@@H](c1nc(C(C)(C)C)no1)N1CCCN(CC(=O)N(C)C)CC1. The van der Waals surface area contributed by atoms with Crippen LogP contribution in [0.15, 0.2) is 4.52 Å². The fraction of sp³-hybridized carbons (Fsp3) is 0.824. The van der Waals surface area contributed by atoms with Gasteiger partial charge in [0.1, 0.15) is 0 Å². The molecule has 1 saturated heterocycles. The number of amides is 1. The van der Waals surface area contributed by atoms with E-state index in [0.717, 1.165) is 38.4 Å². The molecule has 1 aliphatic heterocycles. The predicted octanol–water partition coefficient (Wildman–Crippen LogP) is 1.52. The molecule has 1 aromatic heterocycles. The van der Waals surface area contributed by atoms with Gasteiger partial charge in [-0.2, -0.15) is 4.98 Å². The van der Waals surface area contributed by atoms with Gasteiger partial charge in [-0.05, 0) is 19.9 Å². The highest BCUT2D eigenvalue weighted by Gasteiger charge is 2.27. The molecule has 7 nitrogen and oxygen atoms in total. The van der Waals surface area contributed by atoms with Gasteiger partial charge in [0.25, 0.3) is 0 Å². The highest BCUT2D eigenvalue weighted by atomic mass is 16.5. The largest absolute Gasteiger partial charge is 0.348 e. The Morgan fingerprint density at radius 2 is 1.96 bits per heavy atom. The van der Waals surface area contributed by atoms with E-state index in [1.54, 1.807) is 19.0 Å². The van der Waals surface area contributed by atoms with Crippen LogP contribution >= 0.6 is 0 Å². The van der Waals surface area contributed by atoms with E-state index in [0.29, 0.717) is 12.4 Å². The second-order valence-corrected chi connectivity index (χ2v) is 7.84. The minimum absolute atomic E-state index is 0.0955. The summed E-state index contributed by atoms with van der Waals surface area (Å²) < 4.78 is 5.49. The lowest BCUT2D eigenvalue weighted by molar-refractivity contribution is -0.129. The summed E-state index contributed by atoms with van der Waals surface area (Å²) in [5.41, 5.74) is -0.108. The summed E-state index contributed by atoms with van der Waals surface area (Å²) in [6.07, 6.45) is 1.03. The first-order valence-corrected chi connectivity index (χ1v) is 8.69. The Hall–Kier alpha value is -1.47. The molecule has 136 valence electrons. The number of aromatic nitrogens is 2. The van der Waals surface area contributed by atoms with Crippen molar-refractivity contribution in [1.29, 1.82) is 0 Å². The maximum absolute atomic E-state index is 11.9. The van der Waals surface area contributed by atoms with Crippen molar-refractivity contribution in [3.05, 3.63) is 11.7 Å². The van der Waals surface area contributed by atoms with Crippen molar-refractivity contribution in [3.8, 4) is 0 Å². The van der Waals surface area contributed by atoms with Crippen LogP contribution in [0.5, 0.6) is 0 Å². The van der Waals surface area contributed by atoms with Gasteiger partial charge in [0, 0.05) is 39.1 Å². The summed E-state index contributed by atoms with van der Waals surface area (Å²) in [5.74, 6) is 1.58. The molecule has 0 bridgehead atoms. The van der Waals surface area contributed by atoms with Crippen molar-refractivity contribution in [2.24, 2.45) is 0 Å². The normalized spacial score (nSPS) is 19.1. The average molecular weight is 337 g/mol. The van der Waals surface area contributed by atoms with Crippen LogP contribution in [-0.4, -0.2) is 77.6 Å². The molecular formula is C17H31N5O2. The highest BCUT2D eigenvalue weighted by Crippen LogP contribution is 2.24. The molecule has 0 spiro atoms. The number of hydrogen-bond donors (Lipinski definition) is 0. The molecule has 1 amide bonds. The van der Waals surface area contributed by atoms with Crippen LogP contribution in [0.4, 0.5) is 0 Å². The van der Waals surface area contributed by atoms with Gasteiger partial charge in [-0.1, -0.05) is 25.9 Å². The Morgan fingerprint density at radius 3 is 2.54 bits per heavy atom. The fourth-order valence-corrected chi connectivity index (χ4v) is 2.73. The number of carbonyl (C=O) groups excluding carboxylic acids is 1. The zero-order valence-electron chi connectivity index (χ0n) is 15.9. The van der Waals surface area contributed by atoms with Crippen molar-refractivity contribution in [1.82, 2.24) is 24.8 Å². The van der Waals surface area contributed by atoms with E-state index in [4.69, 9.17) is 4.52 Å². The third kappa shape index (κ3) is 4.77. The Morgan fingerprint density at radius 1 is 1.25 bits per heavy atom. The number of hydrogen-bond acceptors (Lipinski definition) is 6. The quantitative estimate of drug-likeness (QED) is 0.830. The molecule has 0 radical (unpaired) electrons. The lowest BCUT2D eigenvalue weighted by Gasteiger charge is -2.25. The van der Waals surface area contributed by atoms with Gasteiger partial charge in [0.05, 0.1) is 12.6 Å². The molecule has 2 rings (SSSR count). The molecule has 24 heavy (non-hydrogen) atoms.